The Morgan fingerprint density at radius 3 is 2.61 bits per heavy atom. The highest BCUT2D eigenvalue weighted by Gasteiger charge is 2.46. The van der Waals surface area contributed by atoms with Gasteiger partial charge in [-0.05, 0) is 18.2 Å². The third kappa shape index (κ3) is 4.26. The zero-order chi connectivity index (χ0) is 17.1. The van der Waals surface area contributed by atoms with E-state index in [0.717, 1.165) is 0 Å². The number of carbonyl (C=O) groups is 1. The molecule has 1 aliphatic heterocycles. The number of halogens is 2. The van der Waals surface area contributed by atoms with Gasteiger partial charge < -0.3 is 30.1 Å². The van der Waals surface area contributed by atoms with Crippen LogP contribution >= 0.6 is 23.2 Å². The van der Waals surface area contributed by atoms with E-state index in [1.54, 1.807) is 6.07 Å². The maximum Gasteiger partial charge on any atom is 0.223 e. The van der Waals surface area contributed by atoms with Gasteiger partial charge in [-0.25, -0.2) is 0 Å². The number of ether oxygens (including phenoxy) is 2. The first-order chi connectivity index (χ1) is 10.8. The van der Waals surface area contributed by atoms with Crippen LogP contribution in [-0.2, 0) is 9.53 Å². The second kappa shape index (κ2) is 7.65. The normalized spacial score (nSPS) is 30.8. The Bertz CT molecular complexity index is 572. The number of nitrogens with one attached hydrogen (secondary N) is 1. The van der Waals surface area contributed by atoms with Gasteiger partial charge in [-0.3, -0.25) is 4.79 Å². The lowest BCUT2D eigenvalue weighted by Gasteiger charge is -2.42. The maximum absolute atomic E-state index is 11.3. The molecular weight excluding hydrogens is 349 g/mol. The van der Waals surface area contributed by atoms with Gasteiger partial charge in [0.2, 0.25) is 12.2 Å². The lowest BCUT2D eigenvalue weighted by Crippen LogP contribution is -2.65. The van der Waals surface area contributed by atoms with Gasteiger partial charge in [0.1, 0.15) is 30.1 Å². The molecule has 1 aliphatic rings. The molecular formula is C14H17Cl2NO6. The molecule has 4 N–H and O–H groups in total. The molecule has 0 aromatic heterocycles. The van der Waals surface area contributed by atoms with Gasteiger partial charge >= 0.3 is 0 Å². The van der Waals surface area contributed by atoms with Crippen molar-refractivity contribution in [3.8, 4) is 5.75 Å². The van der Waals surface area contributed by atoms with Crippen LogP contribution in [0.3, 0.4) is 0 Å². The summed E-state index contributed by atoms with van der Waals surface area (Å²) in [6, 6.07) is 3.47. The van der Waals surface area contributed by atoms with E-state index in [4.69, 9.17) is 32.7 Å². The molecule has 1 aromatic rings. The average molecular weight is 366 g/mol. The van der Waals surface area contributed by atoms with Crippen molar-refractivity contribution in [3.05, 3.63) is 28.2 Å². The van der Waals surface area contributed by atoms with E-state index in [1.165, 1.54) is 19.1 Å². The van der Waals surface area contributed by atoms with Crippen LogP contribution in [0.15, 0.2) is 18.2 Å². The molecule has 0 bridgehead atoms. The average Bonchev–Trinajstić information content (AvgIpc) is 2.48. The Kier molecular flexibility index (Phi) is 6.07. The SMILES string of the molecule is CC(=O)N[C@@H]1[C@@H](Oc2ccc(Cl)cc2Cl)O[C@@H](CO)[C@@H](O)[C@H]1O. The van der Waals surface area contributed by atoms with Crippen molar-refractivity contribution in [2.75, 3.05) is 6.61 Å². The molecule has 2 rings (SSSR count). The molecule has 0 saturated carbocycles. The number of carbonyl (C=O) groups excluding carboxylic acids is 1. The Morgan fingerprint density at radius 2 is 2.04 bits per heavy atom. The Hall–Kier alpha value is -1.09. The zero-order valence-corrected chi connectivity index (χ0v) is 13.7. The predicted molar refractivity (Wildman–Crippen MR) is 82.5 cm³/mol. The molecule has 1 fully saturated rings. The van der Waals surface area contributed by atoms with Crippen molar-refractivity contribution in [2.45, 2.75) is 37.6 Å². The highest BCUT2D eigenvalue weighted by molar-refractivity contribution is 6.35. The standard InChI is InChI=1S/C14H17Cl2NO6/c1-6(19)17-11-13(21)12(20)10(5-18)23-14(11)22-9-3-2-7(15)4-8(9)16/h2-4,10-14,18,20-21H,5H2,1H3,(H,17,19)/t10-,11-,12+,13-,14-/m0/s1. The highest BCUT2D eigenvalue weighted by atomic mass is 35.5. The lowest BCUT2D eigenvalue weighted by atomic mass is 9.97. The summed E-state index contributed by atoms with van der Waals surface area (Å²) in [5.41, 5.74) is 0. The number of benzene rings is 1. The third-order valence-corrected chi connectivity index (χ3v) is 3.92. The molecule has 9 heteroatoms. The van der Waals surface area contributed by atoms with E-state index >= 15 is 0 Å². The molecule has 0 unspecified atom stereocenters. The van der Waals surface area contributed by atoms with Crippen LogP contribution in [0.5, 0.6) is 5.75 Å². The van der Waals surface area contributed by atoms with Crippen LogP contribution < -0.4 is 10.1 Å². The molecule has 0 aliphatic carbocycles. The van der Waals surface area contributed by atoms with Gasteiger partial charge in [-0.2, -0.15) is 0 Å². The number of hydrogen-bond acceptors (Lipinski definition) is 6. The van der Waals surface area contributed by atoms with E-state index in [-0.39, 0.29) is 10.8 Å². The fourth-order valence-electron chi connectivity index (χ4n) is 2.27. The topological polar surface area (TPSA) is 108 Å². The second-order valence-electron chi connectivity index (χ2n) is 5.13. The fraction of sp³-hybridized carbons (Fsp3) is 0.500. The summed E-state index contributed by atoms with van der Waals surface area (Å²) in [4.78, 5) is 11.3. The monoisotopic (exact) mass is 365 g/mol. The van der Waals surface area contributed by atoms with Crippen LogP contribution in [0.25, 0.3) is 0 Å². The number of hydrogen-bond donors (Lipinski definition) is 4. The van der Waals surface area contributed by atoms with Gasteiger partial charge in [-0.15, -0.1) is 0 Å². The number of aliphatic hydroxyl groups excluding tert-OH is 3. The highest BCUT2D eigenvalue weighted by Crippen LogP contribution is 2.31. The Balaban J connectivity index is 2.25. The van der Waals surface area contributed by atoms with Crippen molar-refractivity contribution in [2.24, 2.45) is 0 Å². The molecule has 0 radical (unpaired) electrons. The third-order valence-electron chi connectivity index (χ3n) is 3.39. The van der Waals surface area contributed by atoms with Crippen molar-refractivity contribution in [1.29, 1.82) is 0 Å². The van der Waals surface area contributed by atoms with Crippen molar-refractivity contribution >= 4 is 29.1 Å². The van der Waals surface area contributed by atoms with Crippen LogP contribution in [0, 0.1) is 0 Å². The van der Waals surface area contributed by atoms with Gasteiger partial charge in [0.25, 0.3) is 0 Å². The molecule has 1 amide bonds. The van der Waals surface area contributed by atoms with Crippen LogP contribution in [-0.4, -0.2) is 58.5 Å². The molecule has 5 atom stereocenters. The summed E-state index contributed by atoms with van der Waals surface area (Å²) in [6.07, 6.45) is -4.99. The molecule has 1 aromatic carbocycles. The Morgan fingerprint density at radius 1 is 1.35 bits per heavy atom. The van der Waals surface area contributed by atoms with Crippen molar-refractivity contribution < 1.29 is 29.6 Å². The first-order valence-electron chi connectivity index (χ1n) is 6.84. The molecule has 7 nitrogen and oxygen atoms in total. The molecule has 1 saturated heterocycles. The Labute approximate surface area is 142 Å². The number of rotatable bonds is 4. The fourth-order valence-corrected chi connectivity index (χ4v) is 2.72. The molecule has 0 spiro atoms. The predicted octanol–water partition coefficient (Wildman–Crippen LogP) is 0.316. The van der Waals surface area contributed by atoms with Gasteiger partial charge in [-0.1, -0.05) is 23.2 Å². The smallest absolute Gasteiger partial charge is 0.223 e. The van der Waals surface area contributed by atoms with Crippen LogP contribution in [0.1, 0.15) is 6.92 Å². The first-order valence-corrected chi connectivity index (χ1v) is 7.60. The minimum Gasteiger partial charge on any atom is -0.461 e. The molecule has 128 valence electrons. The summed E-state index contributed by atoms with van der Waals surface area (Å²) in [7, 11) is 0. The first kappa shape index (κ1) is 18.3. The largest absolute Gasteiger partial charge is 0.461 e. The summed E-state index contributed by atoms with van der Waals surface area (Å²) in [6.45, 7) is 0.725. The summed E-state index contributed by atoms with van der Waals surface area (Å²) in [5, 5.41) is 32.4. The second-order valence-corrected chi connectivity index (χ2v) is 5.97. The minimum absolute atomic E-state index is 0.212. The quantitative estimate of drug-likeness (QED) is 0.611. The summed E-state index contributed by atoms with van der Waals surface area (Å²) in [5.74, 6) is -0.222. The van der Waals surface area contributed by atoms with Crippen LogP contribution in [0.4, 0.5) is 0 Å². The number of amides is 1. The summed E-state index contributed by atoms with van der Waals surface area (Å²) < 4.78 is 11.0. The minimum atomic E-state index is -1.39. The van der Waals surface area contributed by atoms with E-state index in [9.17, 15) is 20.1 Å². The molecule has 1 heterocycles. The van der Waals surface area contributed by atoms with Gasteiger partial charge in [0, 0.05) is 11.9 Å². The van der Waals surface area contributed by atoms with E-state index in [0.29, 0.717) is 5.02 Å². The zero-order valence-electron chi connectivity index (χ0n) is 12.1. The summed E-state index contributed by atoms with van der Waals surface area (Å²) >= 11 is 11.8. The number of aliphatic hydroxyl groups is 3. The van der Waals surface area contributed by atoms with Gasteiger partial charge in [0.15, 0.2) is 0 Å². The van der Waals surface area contributed by atoms with Crippen molar-refractivity contribution in [1.82, 2.24) is 5.32 Å². The van der Waals surface area contributed by atoms with E-state index in [1.807, 2.05) is 0 Å². The van der Waals surface area contributed by atoms with E-state index < -0.39 is 43.2 Å². The van der Waals surface area contributed by atoms with Crippen molar-refractivity contribution in [3.63, 3.8) is 0 Å². The molecule has 23 heavy (non-hydrogen) atoms. The lowest BCUT2D eigenvalue weighted by molar-refractivity contribution is -0.244. The van der Waals surface area contributed by atoms with Gasteiger partial charge in [0.05, 0.1) is 11.6 Å². The van der Waals surface area contributed by atoms with E-state index in [2.05, 4.69) is 5.32 Å². The maximum atomic E-state index is 11.3. The van der Waals surface area contributed by atoms with Crippen LogP contribution in [0.2, 0.25) is 10.0 Å².